The molecule has 2 saturated heterocycles. The van der Waals surface area contributed by atoms with Crippen molar-refractivity contribution in [3.05, 3.63) is 0 Å². The predicted octanol–water partition coefficient (Wildman–Crippen LogP) is 0.391. The van der Waals surface area contributed by atoms with Crippen LogP contribution in [0.2, 0.25) is 0 Å². The van der Waals surface area contributed by atoms with Gasteiger partial charge in [0, 0.05) is 25.7 Å². The summed E-state index contributed by atoms with van der Waals surface area (Å²) in [5.74, 6) is 0.926. The van der Waals surface area contributed by atoms with E-state index in [4.69, 9.17) is 9.47 Å². The lowest BCUT2D eigenvalue weighted by Crippen LogP contribution is -2.53. The van der Waals surface area contributed by atoms with Gasteiger partial charge in [0.25, 0.3) is 0 Å². The van der Waals surface area contributed by atoms with Crippen molar-refractivity contribution in [3.63, 3.8) is 0 Å². The van der Waals surface area contributed by atoms with Gasteiger partial charge in [-0.3, -0.25) is 4.79 Å². The first kappa shape index (κ1) is 13.3. The first-order valence-corrected chi connectivity index (χ1v) is 7.50. The number of amides is 1. The highest BCUT2D eigenvalue weighted by Crippen LogP contribution is 2.38. The molecule has 108 valence electrons. The van der Waals surface area contributed by atoms with Gasteiger partial charge < -0.3 is 19.7 Å². The molecule has 0 bridgehead atoms. The maximum absolute atomic E-state index is 12.3. The van der Waals surface area contributed by atoms with Crippen molar-refractivity contribution in [2.45, 2.75) is 44.4 Å². The Balaban J connectivity index is 1.51. The lowest BCUT2D eigenvalue weighted by atomic mass is 10.0. The summed E-state index contributed by atoms with van der Waals surface area (Å²) < 4.78 is 11.1. The summed E-state index contributed by atoms with van der Waals surface area (Å²) >= 11 is 0. The van der Waals surface area contributed by atoms with Gasteiger partial charge in [-0.05, 0) is 32.1 Å². The number of rotatable bonds is 4. The zero-order valence-electron chi connectivity index (χ0n) is 11.6. The molecule has 5 nitrogen and oxygen atoms in total. The maximum Gasteiger partial charge on any atom is 0.239 e. The van der Waals surface area contributed by atoms with Crippen LogP contribution >= 0.6 is 0 Å². The van der Waals surface area contributed by atoms with Crippen LogP contribution in [0, 0.1) is 5.92 Å². The molecule has 2 aliphatic heterocycles. The minimum absolute atomic E-state index is 0.119. The lowest BCUT2D eigenvalue weighted by Gasteiger charge is -2.31. The molecule has 3 fully saturated rings. The van der Waals surface area contributed by atoms with E-state index in [9.17, 15) is 4.79 Å². The molecule has 5 heteroatoms. The Hall–Kier alpha value is -0.650. The Morgan fingerprint density at radius 2 is 1.95 bits per heavy atom. The van der Waals surface area contributed by atoms with Crippen LogP contribution in [-0.4, -0.2) is 61.9 Å². The van der Waals surface area contributed by atoms with E-state index in [2.05, 4.69) is 5.32 Å². The zero-order valence-corrected chi connectivity index (χ0v) is 11.6. The summed E-state index contributed by atoms with van der Waals surface area (Å²) in [5, 5.41) is 3.49. The molecule has 3 atom stereocenters. The highest BCUT2D eigenvalue weighted by atomic mass is 16.5. The van der Waals surface area contributed by atoms with Crippen LogP contribution in [0.25, 0.3) is 0 Å². The molecule has 3 unspecified atom stereocenters. The molecule has 0 aromatic carbocycles. The summed E-state index contributed by atoms with van der Waals surface area (Å²) in [6.07, 6.45) is 3.94. The number of hydrogen-bond acceptors (Lipinski definition) is 4. The van der Waals surface area contributed by atoms with Crippen LogP contribution in [0.5, 0.6) is 0 Å². The number of nitrogens with zero attached hydrogens (tertiary/aromatic N) is 1. The largest absolute Gasteiger partial charge is 0.378 e. The van der Waals surface area contributed by atoms with Gasteiger partial charge in [0.1, 0.15) is 0 Å². The minimum atomic E-state index is -0.119. The predicted molar refractivity (Wildman–Crippen MR) is 70.9 cm³/mol. The smallest absolute Gasteiger partial charge is 0.239 e. The van der Waals surface area contributed by atoms with E-state index in [1.54, 1.807) is 0 Å². The molecule has 0 aromatic heterocycles. The molecular formula is C14H24N2O3. The van der Waals surface area contributed by atoms with Gasteiger partial charge >= 0.3 is 0 Å². The van der Waals surface area contributed by atoms with Crippen LogP contribution in [0.15, 0.2) is 0 Å². The van der Waals surface area contributed by atoms with Crippen molar-refractivity contribution >= 4 is 5.91 Å². The Labute approximate surface area is 114 Å². The summed E-state index contributed by atoms with van der Waals surface area (Å²) in [5.41, 5.74) is 0. The Kier molecular flexibility index (Phi) is 4.05. The normalized spacial score (nSPS) is 33.4. The second kappa shape index (κ2) is 5.77. The molecule has 1 saturated carbocycles. The van der Waals surface area contributed by atoms with E-state index in [0.29, 0.717) is 25.4 Å². The fraction of sp³-hybridized carbons (Fsp3) is 0.929. The highest BCUT2D eigenvalue weighted by Gasteiger charge is 2.41. The van der Waals surface area contributed by atoms with Crippen molar-refractivity contribution in [2.24, 2.45) is 5.92 Å². The van der Waals surface area contributed by atoms with Crippen LogP contribution in [0.3, 0.4) is 0 Å². The van der Waals surface area contributed by atoms with Crippen molar-refractivity contribution in [1.82, 2.24) is 10.2 Å². The van der Waals surface area contributed by atoms with E-state index in [1.165, 1.54) is 12.8 Å². The molecule has 3 aliphatic rings. The average molecular weight is 268 g/mol. The molecule has 2 heterocycles. The van der Waals surface area contributed by atoms with Gasteiger partial charge in [0.05, 0.1) is 25.4 Å². The van der Waals surface area contributed by atoms with Crippen LogP contribution in [0.1, 0.15) is 26.2 Å². The van der Waals surface area contributed by atoms with E-state index >= 15 is 0 Å². The van der Waals surface area contributed by atoms with Gasteiger partial charge in [-0.15, -0.1) is 0 Å². The molecule has 0 aromatic rings. The number of ether oxygens (including phenoxy) is 2. The Morgan fingerprint density at radius 1 is 1.21 bits per heavy atom. The molecule has 0 radical (unpaired) electrons. The van der Waals surface area contributed by atoms with E-state index in [-0.39, 0.29) is 11.9 Å². The molecule has 1 N–H and O–H groups in total. The minimum Gasteiger partial charge on any atom is -0.378 e. The Morgan fingerprint density at radius 3 is 2.63 bits per heavy atom. The fourth-order valence-electron chi connectivity index (χ4n) is 3.13. The SMILES string of the molecule is CC(NC1CCOC1C1CC1)C(=O)N1CCOCC1. The van der Waals surface area contributed by atoms with Crippen LogP contribution < -0.4 is 5.32 Å². The molecule has 3 rings (SSSR count). The first-order chi connectivity index (χ1) is 9.25. The summed E-state index contributed by atoms with van der Waals surface area (Å²) in [4.78, 5) is 14.3. The summed E-state index contributed by atoms with van der Waals surface area (Å²) in [6.45, 7) is 5.57. The number of nitrogens with one attached hydrogen (secondary N) is 1. The van der Waals surface area contributed by atoms with Gasteiger partial charge in [-0.2, -0.15) is 0 Å². The quantitative estimate of drug-likeness (QED) is 0.801. The number of hydrogen-bond donors (Lipinski definition) is 1. The molecular weight excluding hydrogens is 244 g/mol. The van der Waals surface area contributed by atoms with Gasteiger partial charge in [-0.1, -0.05) is 0 Å². The monoisotopic (exact) mass is 268 g/mol. The third-order valence-electron chi connectivity index (χ3n) is 4.38. The Bertz CT molecular complexity index is 327. The third-order valence-corrected chi connectivity index (χ3v) is 4.38. The van der Waals surface area contributed by atoms with Gasteiger partial charge in [0.2, 0.25) is 5.91 Å². The maximum atomic E-state index is 12.3. The lowest BCUT2D eigenvalue weighted by molar-refractivity contribution is -0.137. The topological polar surface area (TPSA) is 50.8 Å². The molecule has 0 spiro atoms. The van der Waals surface area contributed by atoms with Crippen molar-refractivity contribution in [2.75, 3.05) is 32.9 Å². The van der Waals surface area contributed by atoms with E-state index in [0.717, 1.165) is 32.0 Å². The molecule has 1 amide bonds. The molecule has 19 heavy (non-hydrogen) atoms. The van der Waals surface area contributed by atoms with Crippen molar-refractivity contribution in [3.8, 4) is 0 Å². The van der Waals surface area contributed by atoms with E-state index < -0.39 is 0 Å². The zero-order chi connectivity index (χ0) is 13.2. The third kappa shape index (κ3) is 3.09. The van der Waals surface area contributed by atoms with Gasteiger partial charge in [-0.25, -0.2) is 0 Å². The first-order valence-electron chi connectivity index (χ1n) is 7.50. The summed E-state index contributed by atoms with van der Waals surface area (Å²) in [7, 11) is 0. The van der Waals surface area contributed by atoms with Crippen LogP contribution in [-0.2, 0) is 14.3 Å². The second-order valence-corrected chi connectivity index (χ2v) is 5.89. The number of carbonyl (C=O) groups is 1. The standard InChI is InChI=1S/C14H24N2O3/c1-10(14(17)16-5-8-18-9-6-16)15-12-4-7-19-13(12)11-2-3-11/h10-13,15H,2-9H2,1H3. The highest BCUT2D eigenvalue weighted by molar-refractivity contribution is 5.81. The van der Waals surface area contributed by atoms with Gasteiger partial charge in [0.15, 0.2) is 0 Å². The fourth-order valence-corrected chi connectivity index (χ4v) is 3.13. The number of morpholine rings is 1. The van der Waals surface area contributed by atoms with Crippen molar-refractivity contribution < 1.29 is 14.3 Å². The average Bonchev–Trinajstić information content (AvgIpc) is 3.19. The van der Waals surface area contributed by atoms with E-state index in [1.807, 2.05) is 11.8 Å². The van der Waals surface area contributed by atoms with Crippen molar-refractivity contribution in [1.29, 1.82) is 0 Å². The molecule has 1 aliphatic carbocycles. The summed E-state index contributed by atoms with van der Waals surface area (Å²) in [6, 6.07) is 0.235. The second-order valence-electron chi connectivity index (χ2n) is 5.89. The number of carbonyl (C=O) groups excluding carboxylic acids is 1. The van der Waals surface area contributed by atoms with Crippen LogP contribution in [0.4, 0.5) is 0 Å².